The van der Waals surface area contributed by atoms with Crippen LogP contribution in [-0.4, -0.2) is 0 Å². The molecule has 0 aliphatic rings. The molecule has 94 valence electrons. The molecular formula is C15H13BrCl2. The van der Waals surface area contributed by atoms with E-state index >= 15 is 0 Å². The maximum absolute atomic E-state index is 6.55. The lowest BCUT2D eigenvalue weighted by Gasteiger charge is -2.14. The molecule has 0 aromatic heterocycles. The van der Waals surface area contributed by atoms with Crippen LogP contribution >= 0.6 is 39.1 Å². The SMILES string of the molecule is Cc1ccc(C(Cl)c2ccc(Cl)c(Br)c2)c(C)c1. The average Bonchev–Trinajstić information content (AvgIpc) is 2.32. The van der Waals surface area contributed by atoms with Gasteiger partial charge in [0.25, 0.3) is 0 Å². The van der Waals surface area contributed by atoms with E-state index in [1.165, 1.54) is 11.1 Å². The summed E-state index contributed by atoms with van der Waals surface area (Å²) in [5, 5.41) is 0.544. The summed E-state index contributed by atoms with van der Waals surface area (Å²) < 4.78 is 0.872. The molecule has 0 aliphatic heterocycles. The van der Waals surface area contributed by atoms with Gasteiger partial charge < -0.3 is 0 Å². The van der Waals surface area contributed by atoms with Crippen molar-refractivity contribution in [2.24, 2.45) is 0 Å². The third kappa shape index (κ3) is 2.90. The molecule has 3 heteroatoms. The molecular weight excluding hydrogens is 331 g/mol. The van der Waals surface area contributed by atoms with Crippen molar-refractivity contribution in [3.8, 4) is 0 Å². The normalized spacial score (nSPS) is 12.5. The molecule has 0 fully saturated rings. The molecule has 2 rings (SSSR count). The summed E-state index contributed by atoms with van der Waals surface area (Å²) in [4.78, 5) is 0. The number of hydrogen-bond donors (Lipinski definition) is 0. The standard InChI is InChI=1S/C15H13BrCl2/c1-9-3-5-12(10(2)7-9)15(18)11-4-6-14(17)13(16)8-11/h3-8,15H,1-2H3. The van der Waals surface area contributed by atoms with Gasteiger partial charge in [-0.05, 0) is 58.6 Å². The van der Waals surface area contributed by atoms with Crippen molar-refractivity contribution in [3.05, 3.63) is 68.1 Å². The molecule has 0 saturated heterocycles. The van der Waals surface area contributed by atoms with Gasteiger partial charge in [-0.2, -0.15) is 0 Å². The Labute approximate surface area is 126 Å². The fourth-order valence-corrected chi connectivity index (χ4v) is 2.85. The highest BCUT2D eigenvalue weighted by Gasteiger charge is 2.14. The lowest BCUT2D eigenvalue weighted by molar-refractivity contribution is 1.10. The molecule has 0 amide bonds. The molecule has 0 heterocycles. The van der Waals surface area contributed by atoms with E-state index in [0.29, 0.717) is 5.02 Å². The zero-order chi connectivity index (χ0) is 13.3. The molecule has 18 heavy (non-hydrogen) atoms. The molecule has 0 spiro atoms. The van der Waals surface area contributed by atoms with E-state index < -0.39 is 0 Å². The molecule has 1 unspecified atom stereocenters. The predicted octanol–water partition coefficient (Wildman–Crippen LogP) is 6.05. The first-order chi connectivity index (χ1) is 8.49. The van der Waals surface area contributed by atoms with Crippen LogP contribution in [0.3, 0.4) is 0 Å². The number of hydrogen-bond acceptors (Lipinski definition) is 0. The van der Waals surface area contributed by atoms with Gasteiger partial charge in [-0.3, -0.25) is 0 Å². The van der Waals surface area contributed by atoms with Crippen LogP contribution in [0.1, 0.15) is 27.6 Å². The first-order valence-corrected chi connectivity index (χ1v) is 7.26. The first kappa shape index (κ1) is 13.9. The number of aryl methyl sites for hydroxylation is 2. The highest BCUT2D eigenvalue weighted by molar-refractivity contribution is 9.10. The van der Waals surface area contributed by atoms with Crippen LogP contribution in [0.4, 0.5) is 0 Å². The Hall–Kier alpha value is -0.500. The number of rotatable bonds is 2. The molecule has 2 aromatic carbocycles. The molecule has 0 aliphatic carbocycles. The monoisotopic (exact) mass is 342 g/mol. The van der Waals surface area contributed by atoms with E-state index in [9.17, 15) is 0 Å². The van der Waals surface area contributed by atoms with Gasteiger partial charge in [0.2, 0.25) is 0 Å². The van der Waals surface area contributed by atoms with Crippen LogP contribution in [0.15, 0.2) is 40.9 Å². The Morgan fingerprint density at radius 2 is 1.78 bits per heavy atom. The summed E-state index contributed by atoms with van der Waals surface area (Å²) in [7, 11) is 0. The fraction of sp³-hybridized carbons (Fsp3) is 0.200. The van der Waals surface area contributed by atoms with E-state index in [2.05, 4.69) is 48.0 Å². The minimum atomic E-state index is -0.154. The largest absolute Gasteiger partial charge is 0.113 e. The molecule has 0 N–H and O–H groups in total. The van der Waals surface area contributed by atoms with Gasteiger partial charge in [-0.1, -0.05) is 41.4 Å². The fourth-order valence-electron chi connectivity index (χ4n) is 1.96. The second-order valence-electron chi connectivity index (χ2n) is 4.40. The topological polar surface area (TPSA) is 0 Å². The van der Waals surface area contributed by atoms with Crippen LogP contribution in [0, 0.1) is 13.8 Å². The molecule has 1 atom stereocenters. The van der Waals surface area contributed by atoms with Gasteiger partial charge in [0.15, 0.2) is 0 Å². The first-order valence-electron chi connectivity index (χ1n) is 5.65. The molecule has 0 saturated carbocycles. The number of benzene rings is 2. The van der Waals surface area contributed by atoms with Gasteiger partial charge in [-0.15, -0.1) is 11.6 Å². The Morgan fingerprint density at radius 3 is 2.39 bits per heavy atom. The highest BCUT2D eigenvalue weighted by atomic mass is 79.9. The lowest BCUT2D eigenvalue weighted by atomic mass is 9.98. The maximum atomic E-state index is 6.55. The minimum absolute atomic E-state index is 0.154. The van der Waals surface area contributed by atoms with Gasteiger partial charge in [0.05, 0.1) is 10.4 Å². The van der Waals surface area contributed by atoms with E-state index in [0.717, 1.165) is 15.6 Å². The van der Waals surface area contributed by atoms with E-state index in [1.807, 2.05) is 18.2 Å². The van der Waals surface area contributed by atoms with Crippen LogP contribution < -0.4 is 0 Å². The molecule has 0 nitrogen and oxygen atoms in total. The maximum Gasteiger partial charge on any atom is 0.0838 e. The van der Waals surface area contributed by atoms with E-state index in [4.69, 9.17) is 23.2 Å². The number of halogens is 3. The summed E-state index contributed by atoms with van der Waals surface area (Å²) in [6.07, 6.45) is 0. The van der Waals surface area contributed by atoms with E-state index in [1.54, 1.807) is 0 Å². The van der Waals surface area contributed by atoms with Gasteiger partial charge in [0, 0.05) is 4.47 Å². The summed E-state index contributed by atoms with van der Waals surface area (Å²) in [6.45, 7) is 4.17. The Balaban J connectivity index is 2.41. The summed E-state index contributed by atoms with van der Waals surface area (Å²) in [5.41, 5.74) is 4.63. The van der Waals surface area contributed by atoms with Gasteiger partial charge >= 0.3 is 0 Å². The van der Waals surface area contributed by atoms with Crippen LogP contribution in [0.5, 0.6) is 0 Å². The highest BCUT2D eigenvalue weighted by Crippen LogP contribution is 2.34. The van der Waals surface area contributed by atoms with Crippen molar-refractivity contribution in [2.45, 2.75) is 19.2 Å². The summed E-state index contributed by atoms with van der Waals surface area (Å²) in [5.74, 6) is 0. The van der Waals surface area contributed by atoms with Crippen molar-refractivity contribution < 1.29 is 0 Å². The van der Waals surface area contributed by atoms with Crippen molar-refractivity contribution in [3.63, 3.8) is 0 Å². The number of alkyl halides is 1. The third-order valence-electron chi connectivity index (χ3n) is 2.93. The van der Waals surface area contributed by atoms with Gasteiger partial charge in [0.1, 0.15) is 0 Å². The third-order valence-corrected chi connectivity index (χ3v) is 4.64. The second kappa shape index (κ2) is 5.64. The molecule has 0 bridgehead atoms. The predicted molar refractivity (Wildman–Crippen MR) is 82.8 cm³/mol. The average molecular weight is 344 g/mol. The van der Waals surface area contributed by atoms with Crippen molar-refractivity contribution in [1.29, 1.82) is 0 Å². The Bertz CT molecular complexity index is 579. The molecule has 2 aromatic rings. The van der Waals surface area contributed by atoms with Crippen molar-refractivity contribution in [2.75, 3.05) is 0 Å². The molecule has 0 radical (unpaired) electrons. The van der Waals surface area contributed by atoms with Gasteiger partial charge in [-0.25, -0.2) is 0 Å². The second-order valence-corrected chi connectivity index (χ2v) is 6.09. The van der Waals surface area contributed by atoms with Crippen LogP contribution in [-0.2, 0) is 0 Å². The quantitative estimate of drug-likeness (QED) is 0.582. The minimum Gasteiger partial charge on any atom is -0.113 e. The Morgan fingerprint density at radius 1 is 1.06 bits per heavy atom. The zero-order valence-corrected chi connectivity index (χ0v) is 13.3. The zero-order valence-electron chi connectivity index (χ0n) is 10.2. The smallest absolute Gasteiger partial charge is 0.0838 e. The van der Waals surface area contributed by atoms with Crippen molar-refractivity contribution in [1.82, 2.24) is 0 Å². The summed E-state index contributed by atoms with van der Waals surface area (Å²) >= 11 is 16.0. The van der Waals surface area contributed by atoms with E-state index in [-0.39, 0.29) is 5.38 Å². The van der Waals surface area contributed by atoms with Crippen LogP contribution in [0.2, 0.25) is 5.02 Å². The Kier molecular flexibility index (Phi) is 4.37. The lowest BCUT2D eigenvalue weighted by Crippen LogP contribution is -1.97. The van der Waals surface area contributed by atoms with Crippen molar-refractivity contribution >= 4 is 39.1 Å². The van der Waals surface area contributed by atoms with Crippen LogP contribution in [0.25, 0.3) is 0 Å². The summed E-state index contributed by atoms with van der Waals surface area (Å²) in [6, 6.07) is 12.1.